The molecule has 1 heterocycles. The molecule has 3 rings (SSSR count). The number of hydrogen-bond acceptors (Lipinski definition) is 1. The summed E-state index contributed by atoms with van der Waals surface area (Å²) in [5, 5.41) is 4.89. The highest BCUT2D eigenvalue weighted by atomic mass is 35.5. The molecule has 1 nitrogen and oxygen atoms in total. The summed E-state index contributed by atoms with van der Waals surface area (Å²) < 4.78 is 0. The Morgan fingerprint density at radius 2 is 1.82 bits per heavy atom. The maximum absolute atomic E-state index is 6.20. The van der Waals surface area contributed by atoms with Gasteiger partial charge >= 0.3 is 0 Å². The summed E-state index contributed by atoms with van der Waals surface area (Å²) in [4.78, 5) is 0. The average molecular weight is 264 g/mol. The van der Waals surface area contributed by atoms with Gasteiger partial charge in [-0.1, -0.05) is 53.5 Å². The first-order chi connectivity index (χ1) is 8.24. The van der Waals surface area contributed by atoms with Crippen LogP contribution < -0.4 is 5.32 Å². The quantitative estimate of drug-likeness (QED) is 0.787. The van der Waals surface area contributed by atoms with Crippen molar-refractivity contribution in [3.63, 3.8) is 0 Å². The van der Waals surface area contributed by atoms with Crippen molar-refractivity contribution >= 4 is 28.9 Å². The zero-order chi connectivity index (χ0) is 11.8. The van der Waals surface area contributed by atoms with Crippen LogP contribution in [0.5, 0.6) is 0 Å². The highest BCUT2D eigenvalue weighted by Crippen LogP contribution is 2.39. The second-order valence-electron chi connectivity index (χ2n) is 4.23. The minimum absolute atomic E-state index is 0.294. The Bertz CT molecular complexity index is 552. The molecule has 0 spiro atoms. The van der Waals surface area contributed by atoms with Crippen molar-refractivity contribution in [3.8, 4) is 0 Å². The number of benzene rings is 2. The Balaban J connectivity index is 1.96. The number of fused-ring (bicyclic) bond motifs is 1. The van der Waals surface area contributed by atoms with Crippen molar-refractivity contribution in [1.29, 1.82) is 0 Å². The van der Waals surface area contributed by atoms with Crippen LogP contribution in [0.1, 0.15) is 17.2 Å². The highest BCUT2D eigenvalue weighted by molar-refractivity contribution is 6.35. The molecular weight excluding hydrogens is 253 g/mol. The van der Waals surface area contributed by atoms with Crippen LogP contribution in [0.3, 0.4) is 0 Å². The Kier molecular flexibility index (Phi) is 2.73. The fraction of sp³-hybridized carbons (Fsp3) is 0.143. The molecule has 1 atom stereocenters. The minimum atomic E-state index is 0.294. The van der Waals surface area contributed by atoms with Crippen molar-refractivity contribution in [1.82, 2.24) is 0 Å². The van der Waals surface area contributed by atoms with Crippen LogP contribution in [0.4, 0.5) is 5.69 Å². The molecule has 0 aromatic heterocycles. The number of nitrogens with one attached hydrogen (secondary N) is 1. The average Bonchev–Trinajstić information content (AvgIpc) is 2.74. The third kappa shape index (κ3) is 2.01. The van der Waals surface area contributed by atoms with E-state index in [2.05, 4.69) is 29.6 Å². The van der Waals surface area contributed by atoms with Crippen molar-refractivity contribution < 1.29 is 0 Å². The fourth-order valence-corrected chi connectivity index (χ4v) is 2.84. The van der Waals surface area contributed by atoms with Crippen LogP contribution in [-0.2, 0) is 6.42 Å². The second kappa shape index (κ2) is 4.25. The van der Waals surface area contributed by atoms with Gasteiger partial charge in [-0.25, -0.2) is 0 Å². The zero-order valence-electron chi connectivity index (χ0n) is 9.08. The molecule has 0 fully saturated rings. The van der Waals surface area contributed by atoms with Gasteiger partial charge in [-0.2, -0.15) is 0 Å². The molecule has 1 N–H and O–H groups in total. The lowest BCUT2D eigenvalue weighted by molar-refractivity contribution is 0.824. The van der Waals surface area contributed by atoms with E-state index in [0.29, 0.717) is 11.1 Å². The third-order valence-electron chi connectivity index (χ3n) is 3.10. The molecule has 0 saturated carbocycles. The molecule has 2 aromatic rings. The second-order valence-corrected chi connectivity index (χ2v) is 5.07. The van der Waals surface area contributed by atoms with E-state index in [0.717, 1.165) is 22.7 Å². The normalized spacial score (nSPS) is 17.6. The van der Waals surface area contributed by atoms with Gasteiger partial charge in [-0.3, -0.25) is 0 Å². The molecule has 1 unspecified atom stereocenters. The largest absolute Gasteiger partial charge is 0.378 e. The molecule has 86 valence electrons. The summed E-state index contributed by atoms with van der Waals surface area (Å²) in [5.41, 5.74) is 3.48. The summed E-state index contributed by atoms with van der Waals surface area (Å²) in [5.74, 6) is 0. The van der Waals surface area contributed by atoms with E-state index in [4.69, 9.17) is 23.2 Å². The molecule has 0 saturated heterocycles. The Morgan fingerprint density at radius 1 is 1.06 bits per heavy atom. The molecule has 0 aliphatic carbocycles. The van der Waals surface area contributed by atoms with Crippen LogP contribution in [0.25, 0.3) is 0 Å². The molecule has 3 heteroatoms. The first-order valence-electron chi connectivity index (χ1n) is 5.53. The van der Waals surface area contributed by atoms with Crippen LogP contribution in [0.15, 0.2) is 42.5 Å². The Morgan fingerprint density at radius 3 is 2.59 bits per heavy atom. The molecular formula is C14H11Cl2N. The van der Waals surface area contributed by atoms with E-state index in [1.54, 1.807) is 6.07 Å². The molecule has 2 aromatic carbocycles. The van der Waals surface area contributed by atoms with Gasteiger partial charge in [0.15, 0.2) is 0 Å². The monoisotopic (exact) mass is 263 g/mol. The van der Waals surface area contributed by atoms with Gasteiger partial charge in [0.1, 0.15) is 0 Å². The summed E-state index contributed by atoms with van der Waals surface area (Å²) >= 11 is 12.2. The van der Waals surface area contributed by atoms with E-state index < -0.39 is 0 Å². The van der Waals surface area contributed by atoms with Crippen molar-refractivity contribution in [2.75, 3.05) is 5.32 Å². The van der Waals surface area contributed by atoms with Crippen LogP contribution in [0.2, 0.25) is 10.0 Å². The SMILES string of the molecule is Clc1cc(Cl)c2c(c1)NC(c1ccccc1)C2. The lowest BCUT2D eigenvalue weighted by Gasteiger charge is -2.10. The van der Waals surface area contributed by atoms with Gasteiger partial charge in [-0.15, -0.1) is 0 Å². The van der Waals surface area contributed by atoms with Crippen LogP contribution in [-0.4, -0.2) is 0 Å². The molecule has 0 bridgehead atoms. The first-order valence-corrected chi connectivity index (χ1v) is 6.29. The van der Waals surface area contributed by atoms with Crippen LogP contribution in [0, 0.1) is 0 Å². The summed E-state index contributed by atoms with van der Waals surface area (Å²) in [6.45, 7) is 0. The molecule has 1 aliphatic rings. The molecule has 17 heavy (non-hydrogen) atoms. The maximum Gasteiger partial charge on any atom is 0.0555 e. The maximum atomic E-state index is 6.20. The molecule has 0 radical (unpaired) electrons. The topological polar surface area (TPSA) is 12.0 Å². The van der Waals surface area contributed by atoms with Gasteiger partial charge in [-0.05, 0) is 23.3 Å². The summed E-state index contributed by atoms with van der Waals surface area (Å²) in [6.07, 6.45) is 0.912. The van der Waals surface area contributed by atoms with Gasteiger partial charge < -0.3 is 5.32 Å². The predicted molar refractivity (Wildman–Crippen MR) is 73.0 cm³/mol. The zero-order valence-corrected chi connectivity index (χ0v) is 10.6. The van der Waals surface area contributed by atoms with Gasteiger partial charge in [0.25, 0.3) is 0 Å². The van der Waals surface area contributed by atoms with Crippen molar-refractivity contribution in [2.24, 2.45) is 0 Å². The minimum Gasteiger partial charge on any atom is -0.378 e. The number of halogens is 2. The summed E-state index contributed by atoms with van der Waals surface area (Å²) in [7, 11) is 0. The van der Waals surface area contributed by atoms with E-state index in [1.165, 1.54) is 5.56 Å². The lowest BCUT2D eigenvalue weighted by atomic mass is 10.0. The highest BCUT2D eigenvalue weighted by Gasteiger charge is 2.24. The smallest absolute Gasteiger partial charge is 0.0555 e. The number of rotatable bonds is 1. The molecule has 0 amide bonds. The van der Waals surface area contributed by atoms with E-state index in [-0.39, 0.29) is 0 Å². The summed E-state index contributed by atoms with van der Waals surface area (Å²) in [6, 6.07) is 14.4. The Labute approximate surface area is 110 Å². The first kappa shape index (κ1) is 10.9. The van der Waals surface area contributed by atoms with E-state index in [9.17, 15) is 0 Å². The van der Waals surface area contributed by atoms with Gasteiger partial charge in [0.2, 0.25) is 0 Å². The van der Waals surface area contributed by atoms with Gasteiger partial charge in [0, 0.05) is 22.2 Å². The van der Waals surface area contributed by atoms with Crippen molar-refractivity contribution in [2.45, 2.75) is 12.5 Å². The third-order valence-corrected chi connectivity index (χ3v) is 3.66. The molecule has 1 aliphatic heterocycles. The number of hydrogen-bond donors (Lipinski definition) is 1. The Hall–Kier alpha value is -1.18. The standard InChI is InChI=1S/C14H11Cl2N/c15-10-6-12(16)11-8-13(17-14(11)7-10)9-4-2-1-3-5-9/h1-7,13,17H,8H2. The van der Waals surface area contributed by atoms with Crippen LogP contribution >= 0.6 is 23.2 Å². The van der Waals surface area contributed by atoms with E-state index >= 15 is 0 Å². The number of anilines is 1. The van der Waals surface area contributed by atoms with Gasteiger partial charge in [0.05, 0.1) is 6.04 Å². The predicted octanol–water partition coefficient (Wildman–Crippen LogP) is 4.70. The van der Waals surface area contributed by atoms with E-state index in [1.807, 2.05) is 12.1 Å². The fourth-order valence-electron chi connectivity index (χ4n) is 2.27. The lowest BCUT2D eigenvalue weighted by Crippen LogP contribution is -2.04. The van der Waals surface area contributed by atoms with Crippen molar-refractivity contribution in [3.05, 3.63) is 63.6 Å².